The Morgan fingerprint density at radius 3 is 1.14 bits per heavy atom. The normalized spacial score (nSPS) is 13.3. The van der Waals surface area contributed by atoms with Crippen LogP contribution in [0.1, 0.15) is 22.3 Å². The third kappa shape index (κ3) is 3.86. The highest BCUT2D eigenvalue weighted by Gasteiger charge is 2.52. The van der Waals surface area contributed by atoms with Gasteiger partial charge in [0.15, 0.2) is 17.5 Å². The molecule has 2 aliphatic rings. The van der Waals surface area contributed by atoms with Crippen LogP contribution in [0.5, 0.6) is 0 Å². The fraction of sp³-hybridized carbons (Fsp3) is 0.0208. The zero-order chi connectivity index (χ0) is 33.5. The number of nitrogens with zero attached hydrogens (tertiary/aromatic N) is 3. The van der Waals surface area contributed by atoms with E-state index < -0.39 is 5.41 Å². The van der Waals surface area contributed by atoms with Crippen molar-refractivity contribution in [1.82, 2.24) is 15.0 Å². The molecule has 0 saturated heterocycles. The molecule has 9 aromatic rings. The number of fused-ring (bicyclic) bond motifs is 12. The molecule has 1 heterocycles. The molecule has 1 aromatic heterocycles. The van der Waals surface area contributed by atoms with Gasteiger partial charge >= 0.3 is 0 Å². The van der Waals surface area contributed by atoms with E-state index in [4.69, 9.17) is 15.0 Å². The van der Waals surface area contributed by atoms with E-state index in [1.54, 1.807) is 0 Å². The fourth-order valence-corrected chi connectivity index (χ4v) is 8.92. The molecule has 2 aliphatic carbocycles. The number of rotatable bonds is 3. The Kier molecular flexibility index (Phi) is 5.88. The predicted octanol–water partition coefficient (Wildman–Crippen LogP) is 11.5. The average molecular weight is 648 g/mol. The summed E-state index contributed by atoms with van der Waals surface area (Å²) in [5, 5.41) is 4.53. The monoisotopic (exact) mass is 647 g/mol. The fourth-order valence-electron chi connectivity index (χ4n) is 8.92. The molecule has 0 radical (unpaired) electrons. The van der Waals surface area contributed by atoms with Crippen LogP contribution in [0.15, 0.2) is 176 Å². The highest BCUT2D eigenvalue weighted by atomic mass is 15.0. The van der Waals surface area contributed by atoms with Gasteiger partial charge in [0, 0.05) is 16.7 Å². The number of hydrogen-bond acceptors (Lipinski definition) is 3. The van der Waals surface area contributed by atoms with Crippen molar-refractivity contribution in [3.63, 3.8) is 0 Å². The van der Waals surface area contributed by atoms with Crippen LogP contribution in [-0.4, -0.2) is 15.0 Å². The van der Waals surface area contributed by atoms with Crippen molar-refractivity contribution in [2.75, 3.05) is 0 Å². The van der Waals surface area contributed by atoms with Crippen LogP contribution in [0.25, 0.3) is 78.0 Å². The van der Waals surface area contributed by atoms with Crippen LogP contribution in [0.4, 0.5) is 0 Å². The molecular formula is C48H29N3. The van der Waals surface area contributed by atoms with Crippen molar-refractivity contribution in [3.05, 3.63) is 198 Å². The van der Waals surface area contributed by atoms with Gasteiger partial charge in [-0.2, -0.15) is 0 Å². The summed E-state index contributed by atoms with van der Waals surface area (Å²) in [6, 6.07) is 63.1. The van der Waals surface area contributed by atoms with Gasteiger partial charge in [-0.3, -0.25) is 0 Å². The van der Waals surface area contributed by atoms with Gasteiger partial charge in [-0.05, 0) is 66.1 Å². The van der Waals surface area contributed by atoms with Crippen molar-refractivity contribution in [2.45, 2.75) is 5.41 Å². The second-order valence-corrected chi connectivity index (χ2v) is 13.5. The van der Waals surface area contributed by atoms with Crippen molar-refractivity contribution >= 4 is 21.5 Å². The smallest absolute Gasteiger partial charge is 0.164 e. The summed E-state index contributed by atoms with van der Waals surface area (Å²) in [6.45, 7) is 0. The topological polar surface area (TPSA) is 38.7 Å². The Labute approximate surface area is 295 Å². The first kappa shape index (κ1) is 28.2. The van der Waals surface area contributed by atoms with Gasteiger partial charge in [0.25, 0.3) is 0 Å². The van der Waals surface area contributed by atoms with E-state index in [1.165, 1.54) is 44.5 Å². The van der Waals surface area contributed by atoms with Crippen molar-refractivity contribution < 1.29 is 0 Å². The Morgan fingerprint density at radius 1 is 0.275 bits per heavy atom. The largest absolute Gasteiger partial charge is 0.208 e. The Morgan fingerprint density at radius 2 is 0.608 bits per heavy atom. The maximum absolute atomic E-state index is 5.41. The summed E-state index contributed by atoms with van der Waals surface area (Å²) in [6.07, 6.45) is 0. The van der Waals surface area contributed by atoms with E-state index in [0.717, 1.165) is 38.2 Å². The van der Waals surface area contributed by atoms with E-state index >= 15 is 0 Å². The Hall–Kier alpha value is -6.71. The first-order chi connectivity index (χ1) is 25.3. The van der Waals surface area contributed by atoms with Crippen LogP contribution in [0.3, 0.4) is 0 Å². The molecule has 0 saturated carbocycles. The molecule has 3 nitrogen and oxygen atoms in total. The molecule has 51 heavy (non-hydrogen) atoms. The van der Waals surface area contributed by atoms with Gasteiger partial charge in [0.05, 0.1) is 5.41 Å². The van der Waals surface area contributed by atoms with E-state index in [0.29, 0.717) is 17.5 Å². The number of hydrogen-bond donors (Lipinski definition) is 0. The van der Waals surface area contributed by atoms with Crippen LogP contribution in [0.2, 0.25) is 0 Å². The van der Waals surface area contributed by atoms with Crippen LogP contribution in [0, 0.1) is 0 Å². The summed E-state index contributed by atoms with van der Waals surface area (Å²) in [5.74, 6) is 1.99. The Balaban J connectivity index is 1.26. The minimum absolute atomic E-state index is 0.526. The first-order valence-corrected chi connectivity index (χ1v) is 17.5. The van der Waals surface area contributed by atoms with Crippen LogP contribution in [-0.2, 0) is 5.41 Å². The van der Waals surface area contributed by atoms with E-state index in [-0.39, 0.29) is 0 Å². The first-order valence-electron chi connectivity index (χ1n) is 17.5. The molecule has 8 aromatic carbocycles. The lowest BCUT2D eigenvalue weighted by molar-refractivity contribution is 0.794. The van der Waals surface area contributed by atoms with E-state index in [2.05, 4.69) is 176 Å². The van der Waals surface area contributed by atoms with Crippen molar-refractivity contribution in [2.24, 2.45) is 0 Å². The molecule has 0 atom stereocenters. The zero-order valence-corrected chi connectivity index (χ0v) is 27.6. The van der Waals surface area contributed by atoms with Gasteiger partial charge in [-0.25, -0.2) is 15.0 Å². The summed E-state index contributed by atoms with van der Waals surface area (Å²) < 4.78 is 0. The maximum Gasteiger partial charge on any atom is 0.164 e. The zero-order valence-electron chi connectivity index (χ0n) is 27.6. The lowest BCUT2D eigenvalue weighted by atomic mass is 9.69. The molecule has 0 unspecified atom stereocenters. The second-order valence-electron chi connectivity index (χ2n) is 13.5. The molecular weight excluding hydrogens is 619 g/mol. The van der Waals surface area contributed by atoms with Gasteiger partial charge < -0.3 is 0 Å². The molecule has 11 rings (SSSR count). The second kappa shape index (κ2) is 10.6. The molecule has 0 N–H and O–H groups in total. The molecule has 3 heteroatoms. The molecule has 0 aliphatic heterocycles. The van der Waals surface area contributed by atoms with Crippen LogP contribution >= 0.6 is 0 Å². The maximum atomic E-state index is 5.41. The van der Waals surface area contributed by atoms with Crippen LogP contribution < -0.4 is 0 Å². The van der Waals surface area contributed by atoms with Gasteiger partial charge in [0.1, 0.15) is 0 Å². The average Bonchev–Trinajstić information content (AvgIpc) is 3.68. The van der Waals surface area contributed by atoms with E-state index in [1.807, 2.05) is 0 Å². The summed E-state index contributed by atoms with van der Waals surface area (Å²) in [5.41, 5.74) is 12.6. The van der Waals surface area contributed by atoms with Gasteiger partial charge in [0.2, 0.25) is 0 Å². The standard InChI is InChI=1S/C48H29N3/c1-3-18-32-30(14-1)16-11-24-38(32)45-49-46(39-25-12-17-31-15-2-4-19-33(31)39)51-47(50-45)40-26-13-23-37-36-22-7-10-29-43(36)48(44(37)40)41-27-8-5-20-34(41)35-21-6-9-28-42(35)48/h1-29H. The minimum atomic E-state index is -0.526. The van der Waals surface area contributed by atoms with Crippen molar-refractivity contribution in [1.29, 1.82) is 0 Å². The van der Waals surface area contributed by atoms with Gasteiger partial charge in [-0.15, -0.1) is 0 Å². The van der Waals surface area contributed by atoms with E-state index in [9.17, 15) is 0 Å². The highest BCUT2D eigenvalue weighted by Crippen LogP contribution is 2.64. The Bertz CT molecular complexity index is 2710. The molecule has 1 spiro atoms. The lowest BCUT2D eigenvalue weighted by Gasteiger charge is -2.31. The lowest BCUT2D eigenvalue weighted by Crippen LogP contribution is -2.26. The van der Waals surface area contributed by atoms with Gasteiger partial charge in [-0.1, -0.05) is 176 Å². The highest BCUT2D eigenvalue weighted by molar-refractivity contribution is 6.00. The summed E-state index contributed by atoms with van der Waals surface area (Å²) >= 11 is 0. The third-order valence-corrected chi connectivity index (χ3v) is 11.0. The minimum Gasteiger partial charge on any atom is -0.208 e. The molecule has 236 valence electrons. The predicted molar refractivity (Wildman–Crippen MR) is 207 cm³/mol. The number of aromatic nitrogens is 3. The third-order valence-electron chi connectivity index (χ3n) is 11.0. The quantitative estimate of drug-likeness (QED) is 0.192. The molecule has 0 fully saturated rings. The molecule has 0 bridgehead atoms. The van der Waals surface area contributed by atoms with Crippen molar-refractivity contribution in [3.8, 4) is 56.4 Å². The summed E-state index contributed by atoms with van der Waals surface area (Å²) in [4.78, 5) is 16.1. The summed E-state index contributed by atoms with van der Waals surface area (Å²) in [7, 11) is 0. The SMILES string of the molecule is c1ccc2c(c1)-c1ccccc1C21c2ccccc2-c2cccc(-c3nc(-c4cccc5ccccc45)nc(-c4cccc5ccccc45)n3)c21. The molecule has 0 amide bonds. The number of benzene rings is 8.